The van der Waals surface area contributed by atoms with Crippen LogP contribution in [-0.4, -0.2) is 0 Å². The molecule has 0 aromatic carbocycles. The maximum Gasteiger partial charge on any atom is -0.0353 e. The molecule has 0 bridgehead atoms. The minimum absolute atomic E-state index is 1.18. The third-order valence-electron chi connectivity index (χ3n) is 2.02. The highest BCUT2D eigenvalue weighted by atomic mass is 13.9. The summed E-state index contributed by atoms with van der Waals surface area (Å²) in [6.45, 7) is 17.7. The van der Waals surface area contributed by atoms with Crippen molar-refractivity contribution in [1.82, 2.24) is 0 Å². The van der Waals surface area contributed by atoms with Gasteiger partial charge in [0.15, 0.2) is 0 Å². The van der Waals surface area contributed by atoms with Gasteiger partial charge >= 0.3 is 0 Å². The van der Waals surface area contributed by atoms with Crippen molar-refractivity contribution in [3.63, 3.8) is 0 Å². The van der Waals surface area contributed by atoms with Gasteiger partial charge in [-0.15, -0.1) is 26.3 Å². The molecule has 0 amide bonds. The zero-order valence-corrected chi connectivity index (χ0v) is 11.6. The summed E-state index contributed by atoms with van der Waals surface area (Å²) in [6.07, 6.45) is 14.3. The fraction of sp³-hybridized carbons (Fsp3) is 0.625. The second-order valence-corrected chi connectivity index (χ2v) is 3.57. The molecule has 96 valence electrons. The summed E-state index contributed by atoms with van der Waals surface area (Å²) in [5, 5.41) is 0. The first kappa shape index (κ1) is 20.6. The van der Waals surface area contributed by atoms with Crippen LogP contribution in [0.15, 0.2) is 38.5 Å². The highest BCUT2D eigenvalue weighted by Crippen LogP contribution is 2.01. The van der Waals surface area contributed by atoms with Crippen LogP contribution in [0.25, 0.3) is 0 Å². The summed E-state index contributed by atoms with van der Waals surface area (Å²) in [5.74, 6) is 0. The van der Waals surface area contributed by atoms with Crippen molar-refractivity contribution in [3.05, 3.63) is 38.5 Å². The Balaban J connectivity index is -0.000000188. The number of allylic oxidation sites excluding steroid dienone is 2. The Kier molecular flexibility index (Phi) is 37.7. The molecule has 0 fully saturated rings. The van der Waals surface area contributed by atoms with Gasteiger partial charge < -0.3 is 0 Å². The van der Waals surface area contributed by atoms with Crippen LogP contribution in [0.3, 0.4) is 0 Å². The van der Waals surface area contributed by atoms with Crippen LogP contribution in [-0.2, 0) is 0 Å². The summed E-state index contributed by atoms with van der Waals surface area (Å²) in [6, 6.07) is 0. The second-order valence-electron chi connectivity index (χ2n) is 3.57. The Morgan fingerprint density at radius 3 is 1.44 bits per heavy atom. The molecule has 0 saturated heterocycles. The average molecular weight is 224 g/mol. The van der Waals surface area contributed by atoms with Gasteiger partial charge in [0.2, 0.25) is 0 Å². The Morgan fingerprint density at radius 2 is 1.12 bits per heavy atom. The molecule has 0 aliphatic carbocycles. The quantitative estimate of drug-likeness (QED) is 0.335. The molecular formula is C16H32. The largest absolute Gasteiger partial charge is 0.106 e. The Bertz CT molecular complexity index is 113. The minimum Gasteiger partial charge on any atom is -0.106 e. The molecule has 0 atom stereocenters. The lowest BCUT2D eigenvalue weighted by molar-refractivity contribution is 0.675. The van der Waals surface area contributed by atoms with E-state index in [0.29, 0.717) is 0 Å². The fourth-order valence-electron chi connectivity index (χ4n) is 1.06. The summed E-state index contributed by atoms with van der Waals surface area (Å²) in [5.41, 5.74) is 0. The first-order valence-electron chi connectivity index (χ1n) is 6.55. The molecule has 0 heteroatoms. The molecule has 0 heterocycles. The zero-order valence-electron chi connectivity index (χ0n) is 11.6. The third-order valence-corrected chi connectivity index (χ3v) is 2.02. The SMILES string of the molecule is C=C.C=CCCCC.C=CCCCCCC. The van der Waals surface area contributed by atoms with Crippen LogP contribution >= 0.6 is 0 Å². The zero-order chi connectivity index (χ0) is 13.1. The van der Waals surface area contributed by atoms with Gasteiger partial charge in [0.05, 0.1) is 0 Å². The lowest BCUT2D eigenvalue weighted by Crippen LogP contribution is -1.71. The number of rotatable bonds is 8. The maximum absolute atomic E-state index is 3.66. The van der Waals surface area contributed by atoms with Crippen molar-refractivity contribution in [1.29, 1.82) is 0 Å². The molecule has 0 aromatic rings. The molecule has 0 unspecified atom stereocenters. The van der Waals surface area contributed by atoms with E-state index in [1.165, 1.54) is 51.4 Å². The summed E-state index contributed by atoms with van der Waals surface area (Å²) in [4.78, 5) is 0. The molecule has 0 rings (SSSR count). The number of hydrogen-bond donors (Lipinski definition) is 0. The predicted molar refractivity (Wildman–Crippen MR) is 79.9 cm³/mol. The monoisotopic (exact) mass is 224 g/mol. The average Bonchev–Trinajstić information content (AvgIpc) is 2.35. The van der Waals surface area contributed by atoms with Crippen LogP contribution in [0.2, 0.25) is 0 Å². The van der Waals surface area contributed by atoms with Gasteiger partial charge in [-0.2, -0.15) is 0 Å². The van der Waals surface area contributed by atoms with E-state index in [4.69, 9.17) is 0 Å². The summed E-state index contributed by atoms with van der Waals surface area (Å²) >= 11 is 0. The lowest BCUT2D eigenvalue weighted by atomic mass is 10.2. The molecule has 0 aliphatic heterocycles. The molecule has 0 nitrogen and oxygen atoms in total. The Labute approximate surface area is 104 Å². The van der Waals surface area contributed by atoms with Gasteiger partial charge in [0, 0.05) is 0 Å². The Hall–Kier alpha value is -0.780. The van der Waals surface area contributed by atoms with Gasteiger partial charge in [-0.05, 0) is 19.3 Å². The van der Waals surface area contributed by atoms with E-state index >= 15 is 0 Å². The molecule has 0 spiro atoms. The van der Waals surface area contributed by atoms with Crippen molar-refractivity contribution in [2.24, 2.45) is 0 Å². The van der Waals surface area contributed by atoms with Gasteiger partial charge in [-0.25, -0.2) is 0 Å². The maximum atomic E-state index is 3.66. The first-order chi connectivity index (χ1) is 7.83. The van der Waals surface area contributed by atoms with E-state index in [1.54, 1.807) is 0 Å². The van der Waals surface area contributed by atoms with Crippen LogP contribution in [0.1, 0.15) is 65.2 Å². The number of unbranched alkanes of at least 4 members (excludes halogenated alkanes) is 6. The minimum atomic E-state index is 1.18. The topological polar surface area (TPSA) is 0 Å². The van der Waals surface area contributed by atoms with Crippen LogP contribution in [0.4, 0.5) is 0 Å². The van der Waals surface area contributed by atoms with Crippen LogP contribution < -0.4 is 0 Å². The van der Waals surface area contributed by atoms with E-state index in [0.717, 1.165) is 0 Å². The van der Waals surface area contributed by atoms with E-state index in [1.807, 2.05) is 12.2 Å². The van der Waals surface area contributed by atoms with Gasteiger partial charge in [0.1, 0.15) is 0 Å². The van der Waals surface area contributed by atoms with Gasteiger partial charge in [0.25, 0.3) is 0 Å². The van der Waals surface area contributed by atoms with Crippen molar-refractivity contribution >= 4 is 0 Å². The van der Waals surface area contributed by atoms with Gasteiger partial charge in [-0.1, -0.05) is 58.1 Å². The highest BCUT2D eigenvalue weighted by molar-refractivity contribution is 4.65. The van der Waals surface area contributed by atoms with Crippen LogP contribution in [0.5, 0.6) is 0 Å². The molecular weight excluding hydrogens is 192 g/mol. The number of hydrogen-bond acceptors (Lipinski definition) is 0. The molecule has 0 saturated carbocycles. The van der Waals surface area contributed by atoms with E-state index < -0.39 is 0 Å². The lowest BCUT2D eigenvalue weighted by Gasteiger charge is -1.91. The molecule has 0 radical (unpaired) electrons. The van der Waals surface area contributed by atoms with Crippen molar-refractivity contribution in [2.45, 2.75) is 65.2 Å². The predicted octanol–water partition coefficient (Wildman–Crippen LogP) is 6.31. The van der Waals surface area contributed by atoms with Gasteiger partial charge in [-0.3, -0.25) is 0 Å². The molecule has 16 heavy (non-hydrogen) atoms. The first-order valence-corrected chi connectivity index (χ1v) is 6.55. The summed E-state index contributed by atoms with van der Waals surface area (Å²) < 4.78 is 0. The molecule has 0 aliphatic rings. The van der Waals surface area contributed by atoms with E-state index in [9.17, 15) is 0 Å². The Morgan fingerprint density at radius 1 is 0.688 bits per heavy atom. The standard InChI is InChI=1S/C8H16.C6H12.C2H4/c1-3-5-7-8-6-4-2;1-3-5-6-4-2;1-2/h3H,1,4-8H2,2H3;3H,1,4-6H2,2H3;1-2H2. The van der Waals surface area contributed by atoms with Crippen LogP contribution in [0, 0.1) is 0 Å². The fourth-order valence-corrected chi connectivity index (χ4v) is 1.06. The van der Waals surface area contributed by atoms with Crippen molar-refractivity contribution < 1.29 is 0 Å². The molecule has 0 N–H and O–H groups in total. The van der Waals surface area contributed by atoms with E-state index in [-0.39, 0.29) is 0 Å². The molecule has 0 aromatic heterocycles. The normalized spacial score (nSPS) is 7.88. The van der Waals surface area contributed by atoms with E-state index in [2.05, 4.69) is 40.2 Å². The third kappa shape index (κ3) is 37.9. The highest BCUT2D eigenvalue weighted by Gasteiger charge is 1.81. The smallest absolute Gasteiger partial charge is 0.0353 e. The van der Waals surface area contributed by atoms with Crippen molar-refractivity contribution in [2.75, 3.05) is 0 Å². The van der Waals surface area contributed by atoms with Crippen molar-refractivity contribution in [3.8, 4) is 0 Å². The summed E-state index contributed by atoms with van der Waals surface area (Å²) in [7, 11) is 0. The second kappa shape index (κ2) is 29.2.